The SMILES string of the molecule is CC(=O)N1CCC(=NC2CCOCC2)/C(=C(\N)c2cccc3cc(-c4cn(C)nc4C#N)ncc23)C1. The Morgan fingerprint density at radius 1 is 1.31 bits per heavy atom. The molecule has 0 aliphatic carbocycles. The Hall–Kier alpha value is -4.03. The summed E-state index contributed by atoms with van der Waals surface area (Å²) in [7, 11) is 1.78. The topological polar surface area (TPSA) is 122 Å². The molecule has 2 N–H and O–H groups in total. The number of amides is 1. The quantitative estimate of drug-likeness (QED) is 0.611. The predicted molar refractivity (Wildman–Crippen MR) is 138 cm³/mol. The third-order valence-electron chi connectivity index (χ3n) is 6.88. The fourth-order valence-corrected chi connectivity index (χ4v) is 4.91. The van der Waals surface area contributed by atoms with E-state index in [0.29, 0.717) is 42.2 Å². The average molecular weight is 484 g/mol. The van der Waals surface area contributed by atoms with E-state index in [0.717, 1.165) is 53.7 Å². The van der Waals surface area contributed by atoms with Crippen molar-refractivity contribution < 1.29 is 9.53 Å². The summed E-state index contributed by atoms with van der Waals surface area (Å²) in [6, 6.07) is 10.2. The zero-order valence-electron chi connectivity index (χ0n) is 20.6. The Bertz CT molecular complexity index is 1420. The number of hydrogen-bond acceptors (Lipinski definition) is 7. The van der Waals surface area contributed by atoms with Gasteiger partial charge < -0.3 is 15.4 Å². The molecule has 0 saturated carbocycles. The van der Waals surface area contributed by atoms with E-state index in [-0.39, 0.29) is 11.9 Å². The normalized spacial score (nSPS) is 19.5. The zero-order valence-corrected chi connectivity index (χ0v) is 20.6. The molecule has 1 aromatic carbocycles. The van der Waals surface area contributed by atoms with Gasteiger partial charge in [0.15, 0.2) is 5.69 Å². The number of likely N-dealkylation sites (tertiary alicyclic amines) is 1. The zero-order chi connectivity index (χ0) is 25.2. The van der Waals surface area contributed by atoms with Gasteiger partial charge in [-0.1, -0.05) is 18.2 Å². The molecular weight excluding hydrogens is 454 g/mol. The van der Waals surface area contributed by atoms with Gasteiger partial charge in [-0.25, -0.2) is 0 Å². The van der Waals surface area contributed by atoms with Gasteiger partial charge in [-0.3, -0.25) is 19.5 Å². The van der Waals surface area contributed by atoms with Crippen molar-refractivity contribution in [3.05, 3.63) is 53.5 Å². The first-order valence-electron chi connectivity index (χ1n) is 12.2. The molecule has 0 unspecified atom stereocenters. The molecule has 2 aliphatic rings. The van der Waals surface area contributed by atoms with E-state index >= 15 is 0 Å². The van der Waals surface area contributed by atoms with E-state index in [1.807, 2.05) is 29.2 Å². The molecule has 9 nitrogen and oxygen atoms in total. The number of nitrogens with zero attached hydrogens (tertiary/aromatic N) is 6. The summed E-state index contributed by atoms with van der Waals surface area (Å²) in [5.74, 6) is 0.0272. The minimum Gasteiger partial charge on any atom is -0.398 e. The van der Waals surface area contributed by atoms with E-state index in [4.69, 9.17) is 15.5 Å². The van der Waals surface area contributed by atoms with Gasteiger partial charge in [-0.05, 0) is 24.3 Å². The Morgan fingerprint density at radius 2 is 2.11 bits per heavy atom. The maximum absolute atomic E-state index is 12.2. The van der Waals surface area contributed by atoms with Gasteiger partial charge >= 0.3 is 0 Å². The fourth-order valence-electron chi connectivity index (χ4n) is 4.91. The Morgan fingerprint density at radius 3 is 2.86 bits per heavy atom. The number of aliphatic imine (C=N–C) groups is 1. The summed E-state index contributed by atoms with van der Waals surface area (Å²) in [6.07, 6.45) is 6.06. The number of aryl methyl sites for hydroxylation is 1. The molecule has 0 radical (unpaired) electrons. The molecule has 2 aliphatic heterocycles. The van der Waals surface area contributed by atoms with Crippen LogP contribution in [0.4, 0.5) is 0 Å². The van der Waals surface area contributed by atoms with Crippen LogP contribution in [0.1, 0.15) is 37.4 Å². The van der Waals surface area contributed by atoms with Gasteiger partial charge in [-0.2, -0.15) is 10.4 Å². The van der Waals surface area contributed by atoms with Crippen LogP contribution in [0.5, 0.6) is 0 Å². The van der Waals surface area contributed by atoms with Crippen LogP contribution in [-0.2, 0) is 16.6 Å². The lowest BCUT2D eigenvalue weighted by Gasteiger charge is -2.31. The summed E-state index contributed by atoms with van der Waals surface area (Å²) < 4.78 is 7.11. The Balaban J connectivity index is 1.59. The maximum atomic E-state index is 12.2. The van der Waals surface area contributed by atoms with Crippen molar-refractivity contribution in [1.29, 1.82) is 5.26 Å². The van der Waals surface area contributed by atoms with Crippen LogP contribution in [0, 0.1) is 11.3 Å². The minimum absolute atomic E-state index is 0.0272. The molecule has 3 aromatic rings. The number of carbonyl (C=O) groups excluding carboxylic acids is 1. The average Bonchev–Trinajstić information content (AvgIpc) is 3.29. The summed E-state index contributed by atoms with van der Waals surface area (Å²) >= 11 is 0. The van der Waals surface area contributed by atoms with Crippen LogP contribution in [0.15, 0.2) is 47.2 Å². The number of rotatable bonds is 3. The lowest BCUT2D eigenvalue weighted by atomic mass is 9.93. The maximum Gasteiger partial charge on any atom is 0.219 e. The highest BCUT2D eigenvalue weighted by molar-refractivity contribution is 6.10. The van der Waals surface area contributed by atoms with Crippen molar-refractivity contribution in [2.75, 3.05) is 26.3 Å². The van der Waals surface area contributed by atoms with E-state index in [2.05, 4.69) is 16.2 Å². The molecule has 184 valence electrons. The second-order valence-corrected chi connectivity index (χ2v) is 9.28. The van der Waals surface area contributed by atoms with Crippen LogP contribution >= 0.6 is 0 Å². The third-order valence-corrected chi connectivity index (χ3v) is 6.88. The van der Waals surface area contributed by atoms with Crippen LogP contribution in [0.3, 0.4) is 0 Å². The molecule has 36 heavy (non-hydrogen) atoms. The van der Waals surface area contributed by atoms with Crippen molar-refractivity contribution in [2.24, 2.45) is 17.8 Å². The molecule has 0 bridgehead atoms. The standard InChI is InChI=1S/C27H29N7O2/c1-17(35)34-9-6-24(31-19-7-10-36-11-8-19)23(16-34)27(29)20-5-3-4-18-12-25(30-14-21(18)20)22-15-33(2)32-26(22)13-28/h3-5,12,14-15,19H,6-11,16,29H2,1-2H3/b27-23-,31-24?. The molecule has 2 fully saturated rings. The number of fused-ring (bicyclic) bond motifs is 1. The summed E-state index contributed by atoms with van der Waals surface area (Å²) in [4.78, 5) is 23.8. The van der Waals surface area contributed by atoms with E-state index in [1.54, 1.807) is 31.0 Å². The number of nitrogens with two attached hydrogens (primary N) is 1. The third kappa shape index (κ3) is 4.60. The smallest absolute Gasteiger partial charge is 0.219 e. The van der Waals surface area contributed by atoms with Gasteiger partial charge in [0.05, 0.1) is 17.3 Å². The second-order valence-electron chi connectivity index (χ2n) is 9.28. The fraction of sp³-hybridized carbons (Fsp3) is 0.370. The number of carbonyl (C=O) groups is 1. The highest BCUT2D eigenvalue weighted by Gasteiger charge is 2.26. The number of pyridine rings is 1. The molecular formula is C27H29N7O2. The predicted octanol–water partition coefficient (Wildman–Crippen LogP) is 3.05. The number of aromatic nitrogens is 3. The van der Waals surface area contributed by atoms with Crippen LogP contribution in [0.2, 0.25) is 0 Å². The highest BCUT2D eigenvalue weighted by Crippen LogP contribution is 2.30. The summed E-state index contributed by atoms with van der Waals surface area (Å²) in [5.41, 5.74) is 11.9. The first kappa shape index (κ1) is 23.7. The molecule has 9 heteroatoms. The molecule has 5 rings (SSSR count). The largest absolute Gasteiger partial charge is 0.398 e. The number of benzene rings is 1. The molecule has 1 amide bonds. The van der Waals surface area contributed by atoms with Crippen LogP contribution < -0.4 is 5.73 Å². The molecule has 0 atom stereocenters. The van der Waals surface area contributed by atoms with Crippen molar-refractivity contribution in [3.8, 4) is 17.3 Å². The number of ether oxygens (including phenoxy) is 1. The Labute approximate surface area is 209 Å². The van der Waals surface area contributed by atoms with Crippen molar-refractivity contribution in [1.82, 2.24) is 19.7 Å². The van der Waals surface area contributed by atoms with Crippen molar-refractivity contribution in [2.45, 2.75) is 32.2 Å². The molecule has 2 saturated heterocycles. The molecule has 4 heterocycles. The van der Waals surface area contributed by atoms with Gasteiger partial charge in [-0.15, -0.1) is 0 Å². The van der Waals surface area contributed by atoms with Crippen molar-refractivity contribution >= 4 is 28.1 Å². The highest BCUT2D eigenvalue weighted by atomic mass is 16.5. The number of piperidine rings is 1. The van der Waals surface area contributed by atoms with Crippen LogP contribution in [0.25, 0.3) is 27.7 Å². The lowest BCUT2D eigenvalue weighted by molar-refractivity contribution is -0.128. The van der Waals surface area contributed by atoms with Gasteiger partial charge in [0.25, 0.3) is 0 Å². The van der Waals surface area contributed by atoms with Crippen LogP contribution in [-0.4, -0.2) is 63.6 Å². The molecule has 0 spiro atoms. The number of hydrogen-bond donors (Lipinski definition) is 1. The molecule has 2 aromatic heterocycles. The van der Waals surface area contributed by atoms with Gasteiger partial charge in [0.2, 0.25) is 5.91 Å². The van der Waals surface area contributed by atoms with Gasteiger partial charge in [0, 0.05) is 87.0 Å². The summed E-state index contributed by atoms with van der Waals surface area (Å²) in [5, 5.41) is 15.5. The van der Waals surface area contributed by atoms with E-state index in [9.17, 15) is 10.1 Å². The number of nitriles is 1. The first-order valence-corrected chi connectivity index (χ1v) is 12.2. The van der Waals surface area contributed by atoms with Crippen molar-refractivity contribution in [3.63, 3.8) is 0 Å². The Kier molecular flexibility index (Phi) is 6.53. The minimum atomic E-state index is 0.0272. The summed E-state index contributed by atoms with van der Waals surface area (Å²) in [6.45, 7) is 4.10. The monoisotopic (exact) mass is 483 g/mol. The lowest BCUT2D eigenvalue weighted by Crippen LogP contribution is -2.40. The second kappa shape index (κ2) is 9.91. The first-order chi connectivity index (χ1) is 17.4. The van der Waals surface area contributed by atoms with E-state index in [1.165, 1.54) is 0 Å². The van der Waals surface area contributed by atoms with E-state index < -0.39 is 0 Å². The van der Waals surface area contributed by atoms with Gasteiger partial charge in [0.1, 0.15) is 6.07 Å².